The maximum absolute atomic E-state index is 13.3. The van der Waals surface area contributed by atoms with E-state index in [4.69, 9.17) is 33.2 Å². The van der Waals surface area contributed by atoms with Gasteiger partial charge in [0.15, 0.2) is 18.3 Å². The second kappa shape index (κ2) is 13.7. The number of carbonyl (C=O) groups excluding carboxylic acids is 6. The number of aromatic amines is 1. The Morgan fingerprint density at radius 1 is 0.951 bits per heavy atom. The maximum atomic E-state index is 13.3. The minimum Gasteiger partial charge on any atom is -0.465 e. The Bertz CT molecular complexity index is 1300. The predicted molar refractivity (Wildman–Crippen MR) is 130 cm³/mol. The third-order valence-electron chi connectivity index (χ3n) is 5.60. The van der Waals surface area contributed by atoms with E-state index in [0.717, 1.165) is 54.0 Å². The van der Waals surface area contributed by atoms with Crippen LogP contribution in [0.2, 0.25) is 0 Å². The highest BCUT2D eigenvalue weighted by atomic mass is 16.7. The van der Waals surface area contributed by atoms with Gasteiger partial charge in [-0.25, -0.2) is 9.59 Å². The molecule has 0 radical (unpaired) electrons. The summed E-state index contributed by atoms with van der Waals surface area (Å²) in [6.07, 6.45) is -8.38. The van der Waals surface area contributed by atoms with Crippen molar-refractivity contribution >= 4 is 35.8 Å². The first kappa shape index (κ1) is 32.7. The van der Waals surface area contributed by atoms with E-state index in [1.165, 1.54) is 0 Å². The molecule has 2 rings (SSSR count). The maximum Gasteiger partial charge on any atom is 0.360 e. The number of nitrogens with zero attached hydrogens (tertiary/aromatic N) is 1. The van der Waals surface area contributed by atoms with Gasteiger partial charge in [-0.15, -0.1) is 0 Å². The van der Waals surface area contributed by atoms with Gasteiger partial charge in [0.25, 0.3) is 11.3 Å². The number of carbonyl (C=O) groups is 6. The first-order chi connectivity index (χ1) is 19.1. The SMILES string of the molecule is COC(=O)[C@@]1(n2ccc(=O)[nH]c2=O)C[C@H](OC(C)=O)[C@@H](OC(C)=O)[C@H]([C@@H](OC(C)=O)[C@@H](COC(C)=O)OC(C)=O)O1. The van der Waals surface area contributed by atoms with Gasteiger partial charge in [0, 0.05) is 53.3 Å². The van der Waals surface area contributed by atoms with Crippen LogP contribution in [0.4, 0.5) is 0 Å². The van der Waals surface area contributed by atoms with Gasteiger partial charge in [0.05, 0.1) is 7.11 Å². The summed E-state index contributed by atoms with van der Waals surface area (Å²) < 4.78 is 37.9. The lowest BCUT2D eigenvalue weighted by atomic mass is 9.88. The second-order valence-corrected chi connectivity index (χ2v) is 8.79. The second-order valence-electron chi connectivity index (χ2n) is 8.79. The molecule has 6 atom stereocenters. The number of hydrogen-bond acceptors (Lipinski definition) is 15. The summed E-state index contributed by atoms with van der Waals surface area (Å²) in [5.74, 6) is -5.82. The fraction of sp³-hybridized carbons (Fsp3) is 0.583. The molecular formula is C24H30N2O15. The number of aromatic nitrogens is 2. The van der Waals surface area contributed by atoms with Crippen LogP contribution < -0.4 is 11.2 Å². The van der Waals surface area contributed by atoms with E-state index in [-0.39, 0.29) is 0 Å². The Hall–Kier alpha value is -4.54. The molecule has 1 aromatic rings. The topological polar surface area (TPSA) is 222 Å². The summed E-state index contributed by atoms with van der Waals surface area (Å²) in [5.41, 5.74) is -4.53. The van der Waals surface area contributed by atoms with E-state index in [0.29, 0.717) is 4.57 Å². The van der Waals surface area contributed by atoms with E-state index in [9.17, 15) is 38.4 Å². The molecule has 0 amide bonds. The third kappa shape index (κ3) is 8.23. The minimum absolute atomic E-state index is 0.630. The summed E-state index contributed by atoms with van der Waals surface area (Å²) in [4.78, 5) is 99.9. The van der Waals surface area contributed by atoms with Gasteiger partial charge < -0.3 is 33.2 Å². The van der Waals surface area contributed by atoms with Crippen LogP contribution in [0.15, 0.2) is 21.9 Å². The highest BCUT2D eigenvalue weighted by Crippen LogP contribution is 2.39. The van der Waals surface area contributed by atoms with Crippen LogP contribution >= 0.6 is 0 Å². The van der Waals surface area contributed by atoms with Crippen molar-refractivity contribution in [3.05, 3.63) is 33.1 Å². The number of ether oxygens (including phenoxy) is 7. The van der Waals surface area contributed by atoms with Crippen LogP contribution in [0.1, 0.15) is 41.0 Å². The summed E-state index contributed by atoms with van der Waals surface area (Å²) in [5, 5.41) is 0. The molecule has 0 aliphatic carbocycles. The average Bonchev–Trinajstić information content (AvgIpc) is 2.84. The van der Waals surface area contributed by atoms with E-state index < -0.39 is 96.3 Å². The Labute approximate surface area is 231 Å². The van der Waals surface area contributed by atoms with Crippen molar-refractivity contribution in [1.29, 1.82) is 0 Å². The summed E-state index contributed by atoms with van der Waals surface area (Å²) in [6.45, 7) is 4.31. The lowest BCUT2D eigenvalue weighted by Crippen LogP contribution is -2.67. The first-order valence-electron chi connectivity index (χ1n) is 12.0. The van der Waals surface area contributed by atoms with Gasteiger partial charge >= 0.3 is 41.5 Å². The molecule has 1 N–H and O–H groups in total. The van der Waals surface area contributed by atoms with Gasteiger partial charge in [-0.3, -0.25) is 38.3 Å². The molecule has 1 fully saturated rings. The van der Waals surface area contributed by atoms with Gasteiger partial charge in [-0.2, -0.15) is 0 Å². The molecule has 0 unspecified atom stereocenters. The number of methoxy groups -OCH3 is 1. The molecule has 1 saturated heterocycles. The van der Waals surface area contributed by atoms with E-state index in [1.54, 1.807) is 0 Å². The molecule has 0 aromatic carbocycles. The van der Waals surface area contributed by atoms with Crippen molar-refractivity contribution in [1.82, 2.24) is 9.55 Å². The van der Waals surface area contributed by atoms with Crippen molar-refractivity contribution in [3.8, 4) is 0 Å². The fourth-order valence-corrected chi connectivity index (χ4v) is 4.25. The van der Waals surface area contributed by atoms with Crippen molar-refractivity contribution in [2.75, 3.05) is 13.7 Å². The molecule has 1 aliphatic rings. The summed E-state index contributed by atoms with van der Waals surface area (Å²) in [7, 11) is 0.948. The Morgan fingerprint density at radius 2 is 1.56 bits per heavy atom. The van der Waals surface area contributed by atoms with Crippen LogP contribution in [0.5, 0.6) is 0 Å². The normalized spacial score (nSPS) is 23.2. The van der Waals surface area contributed by atoms with Crippen molar-refractivity contribution in [2.24, 2.45) is 0 Å². The molecule has 1 aromatic heterocycles. The predicted octanol–water partition coefficient (Wildman–Crippen LogP) is -1.56. The lowest BCUT2D eigenvalue weighted by Gasteiger charge is -2.48. The Morgan fingerprint density at radius 3 is 2.05 bits per heavy atom. The molecule has 17 heteroatoms. The number of H-pyrrole nitrogens is 1. The van der Waals surface area contributed by atoms with Gasteiger partial charge in [-0.05, 0) is 0 Å². The number of hydrogen-bond donors (Lipinski definition) is 1. The van der Waals surface area contributed by atoms with E-state index in [1.807, 2.05) is 4.98 Å². The van der Waals surface area contributed by atoms with Crippen LogP contribution in [-0.2, 0) is 67.7 Å². The van der Waals surface area contributed by atoms with Gasteiger partial charge in [0.2, 0.25) is 0 Å². The van der Waals surface area contributed by atoms with Crippen LogP contribution in [0, 0.1) is 0 Å². The van der Waals surface area contributed by atoms with Crippen LogP contribution in [0.3, 0.4) is 0 Å². The summed E-state index contributed by atoms with van der Waals surface area (Å²) in [6, 6.07) is 0.884. The third-order valence-corrected chi connectivity index (χ3v) is 5.60. The molecule has 226 valence electrons. The lowest BCUT2D eigenvalue weighted by molar-refractivity contribution is -0.287. The number of esters is 6. The molecule has 17 nitrogen and oxygen atoms in total. The number of rotatable bonds is 10. The zero-order valence-corrected chi connectivity index (χ0v) is 23.0. The van der Waals surface area contributed by atoms with Gasteiger partial charge in [-0.1, -0.05) is 0 Å². The Balaban J connectivity index is 2.91. The van der Waals surface area contributed by atoms with Crippen molar-refractivity contribution < 1.29 is 61.9 Å². The number of nitrogens with one attached hydrogen (secondary N) is 1. The molecule has 2 heterocycles. The smallest absolute Gasteiger partial charge is 0.360 e. The zero-order valence-electron chi connectivity index (χ0n) is 23.0. The highest BCUT2D eigenvalue weighted by molar-refractivity contribution is 5.78. The van der Waals surface area contributed by atoms with Crippen LogP contribution in [0.25, 0.3) is 0 Å². The summed E-state index contributed by atoms with van der Waals surface area (Å²) >= 11 is 0. The Kier molecular flexibility index (Phi) is 10.9. The van der Waals surface area contributed by atoms with E-state index >= 15 is 0 Å². The van der Waals surface area contributed by atoms with Crippen molar-refractivity contribution in [2.45, 2.75) is 77.3 Å². The highest BCUT2D eigenvalue weighted by Gasteiger charge is 2.60. The first-order valence-corrected chi connectivity index (χ1v) is 12.0. The van der Waals surface area contributed by atoms with Crippen molar-refractivity contribution in [3.63, 3.8) is 0 Å². The molecule has 1 aliphatic heterocycles. The standard InChI is InChI=1S/C24H30N2O15/c1-11(27)36-10-17(38-13(3)29)20(40-15(5)31)21-19(39-14(4)30)16(37-12(2)28)9-24(41-21,22(33)35-6)26-8-7-18(32)25-23(26)34/h7-8,16-17,19-21H,9-10H2,1-6H3,(H,25,32,34)/t16-,17+,19+,20-,21+,24+/m0/s1. The van der Waals surface area contributed by atoms with Crippen LogP contribution in [-0.4, -0.2) is 89.6 Å². The minimum atomic E-state index is -2.54. The molecule has 0 saturated carbocycles. The molecule has 41 heavy (non-hydrogen) atoms. The fourth-order valence-electron chi connectivity index (χ4n) is 4.25. The molecular weight excluding hydrogens is 556 g/mol. The largest absolute Gasteiger partial charge is 0.465 e. The van der Waals surface area contributed by atoms with Gasteiger partial charge in [0.1, 0.15) is 18.8 Å². The molecule has 0 spiro atoms. The zero-order chi connectivity index (χ0) is 31.1. The molecule has 0 bridgehead atoms. The monoisotopic (exact) mass is 586 g/mol. The van der Waals surface area contributed by atoms with E-state index in [2.05, 4.69) is 0 Å². The average molecular weight is 587 g/mol. The quantitative estimate of drug-likeness (QED) is 0.242.